The molecule has 1 fully saturated rings. The summed E-state index contributed by atoms with van der Waals surface area (Å²) in [6, 6.07) is 13.6. The number of halogens is 1. The molecule has 0 aliphatic heterocycles. The van der Waals surface area contributed by atoms with E-state index in [0.29, 0.717) is 12.2 Å². The van der Waals surface area contributed by atoms with Crippen molar-refractivity contribution in [2.24, 2.45) is 0 Å². The first-order chi connectivity index (χ1) is 10.1. The normalized spacial score (nSPS) is 15.5. The summed E-state index contributed by atoms with van der Waals surface area (Å²) in [7, 11) is 0. The number of anilines is 1. The Labute approximate surface area is 123 Å². The number of hydrogen-bond donors (Lipinski definition) is 2. The van der Waals surface area contributed by atoms with E-state index in [-0.39, 0.29) is 11.7 Å². The van der Waals surface area contributed by atoms with E-state index in [2.05, 4.69) is 5.32 Å². The number of benzene rings is 2. The largest absolute Gasteiger partial charge is 0.399 e. The van der Waals surface area contributed by atoms with E-state index >= 15 is 0 Å². The maximum Gasteiger partial charge on any atom is 0.230 e. The molecular formula is C17H17FN2O. The van der Waals surface area contributed by atoms with Gasteiger partial charge in [-0.1, -0.05) is 24.3 Å². The van der Waals surface area contributed by atoms with Crippen LogP contribution in [0.2, 0.25) is 0 Å². The van der Waals surface area contributed by atoms with E-state index in [4.69, 9.17) is 5.73 Å². The second kappa shape index (κ2) is 5.20. The van der Waals surface area contributed by atoms with Gasteiger partial charge in [-0.25, -0.2) is 4.39 Å². The van der Waals surface area contributed by atoms with Crippen LogP contribution in [0, 0.1) is 5.82 Å². The SMILES string of the molecule is Nc1ccc(C2(C(=O)NCc3ccc(F)cc3)CC2)cc1. The third-order valence-electron chi connectivity index (χ3n) is 4.01. The second-order valence-corrected chi connectivity index (χ2v) is 5.51. The summed E-state index contributed by atoms with van der Waals surface area (Å²) in [5, 5.41) is 2.94. The molecule has 0 saturated heterocycles. The summed E-state index contributed by atoms with van der Waals surface area (Å²) in [6.07, 6.45) is 1.71. The first-order valence-corrected chi connectivity index (χ1v) is 6.99. The number of carbonyl (C=O) groups is 1. The minimum absolute atomic E-state index is 0.0246. The van der Waals surface area contributed by atoms with Crippen LogP contribution in [0.1, 0.15) is 24.0 Å². The molecule has 2 aromatic carbocycles. The van der Waals surface area contributed by atoms with Crippen molar-refractivity contribution in [3.8, 4) is 0 Å². The van der Waals surface area contributed by atoms with Gasteiger partial charge in [-0.3, -0.25) is 4.79 Å². The van der Waals surface area contributed by atoms with Crippen molar-refractivity contribution in [3.63, 3.8) is 0 Å². The lowest BCUT2D eigenvalue weighted by molar-refractivity contribution is -0.123. The number of nitrogen functional groups attached to an aromatic ring is 1. The minimum Gasteiger partial charge on any atom is -0.399 e. The first kappa shape index (κ1) is 13.6. The fourth-order valence-corrected chi connectivity index (χ4v) is 2.53. The maximum atomic E-state index is 12.8. The molecule has 1 saturated carbocycles. The van der Waals surface area contributed by atoms with Crippen molar-refractivity contribution >= 4 is 11.6 Å². The molecule has 1 aliphatic rings. The van der Waals surface area contributed by atoms with E-state index in [1.165, 1.54) is 12.1 Å². The van der Waals surface area contributed by atoms with Gasteiger partial charge in [0.05, 0.1) is 5.41 Å². The van der Waals surface area contributed by atoms with E-state index in [9.17, 15) is 9.18 Å². The minimum atomic E-state index is -0.409. The van der Waals surface area contributed by atoms with Crippen molar-refractivity contribution in [1.82, 2.24) is 5.32 Å². The molecule has 3 N–H and O–H groups in total. The van der Waals surface area contributed by atoms with Crippen molar-refractivity contribution in [2.45, 2.75) is 24.8 Å². The smallest absolute Gasteiger partial charge is 0.230 e. The standard InChI is InChI=1S/C17H17FN2O/c18-14-5-1-12(2-6-14)11-20-16(21)17(9-10-17)13-3-7-15(19)8-4-13/h1-8H,9-11,19H2,(H,20,21). The van der Waals surface area contributed by atoms with Gasteiger partial charge in [0.2, 0.25) is 5.91 Å². The molecule has 1 amide bonds. The summed E-state index contributed by atoms with van der Waals surface area (Å²) < 4.78 is 12.8. The molecule has 1 aliphatic carbocycles. The highest BCUT2D eigenvalue weighted by atomic mass is 19.1. The van der Waals surface area contributed by atoms with Crippen molar-refractivity contribution in [3.05, 3.63) is 65.5 Å². The molecule has 0 spiro atoms. The lowest BCUT2D eigenvalue weighted by Gasteiger charge is -2.16. The molecule has 4 heteroatoms. The Morgan fingerprint density at radius 2 is 1.71 bits per heavy atom. The van der Waals surface area contributed by atoms with Gasteiger partial charge in [0.1, 0.15) is 5.82 Å². The zero-order valence-electron chi connectivity index (χ0n) is 11.6. The highest BCUT2D eigenvalue weighted by molar-refractivity contribution is 5.91. The molecule has 0 aromatic heterocycles. The summed E-state index contributed by atoms with van der Waals surface area (Å²) in [6.45, 7) is 0.413. The van der Waals surface area contributed by atoms with Crippen LogP contribution in [0.25, 0.3) is 0 Å². The summed E-state index contributed by atoms with van der Waals surface area (Å²) >= 11 is 0. The molecule has 3 nitrogen and oxygen atoms in total. The summed E-state index contributed by atoms with van der Waals surface area (Å²) in [5.74, 6) is -0.248. The number of nitrogens with one attached hydrogen (secondary N) is 1. The van der Waals surface area contributed by atoms with Gasteiger partial charge in [0, 0.05) is 12.2 Å². The molecule has 0 atom stereocenters. The molecule has 2 aromatic rings. The zero-order chi connectivity index (χ0) is 14.9. The second-order valence-electron chi connectivity index (χ2n) is 5.51. The molecule has 21 heavy (non-hydrogen) atoms. The maximum absolute atomic E-state index is 12.8. The Balaban J connectivity index is 1.67. The van der Waals surface area contributed by atoms with Crippen LogP contribution in [-0.4, -0.2) is 5.91 Å². The fraction of sp³-hybridized carbons (Fsp3) is 0.235. The Morgan fingerprint density at radius 1 is 1.10 bits per heavy atom. The van der Waals surface area contributed by atoms with Crippen LogP contribution in [-0.2, 0) is 16.8 Å². The molecule has 3 rings (SSSR count). The Kier molecular flexibility index (Phi) is 3.37. The molecule has 108 valence electrons. The average Bonchev–Trinajstić information content (AvgIpc) is 3.29. The lowest BCUT2D eigenvalue weighted by Crippen LogP contribution is -2.34. The number of nitrogens with two attached hydrogens (primary N) is 1. The van der Waals surface area contributed by atoms with Crippen molar-refractivity contribution in [1.29, 1.82) is 0 Å². The van der Waals surface area contributed by atoms with Gasteiger partial charge in [0.15, 0.2) is 0 Å². The highest BCUT2D eigenvalue weighted by Crippen LogP contribution is 2.48. The lowest BCUT2D eigenvalue weighted by atomic mass is 9.94. The molecule has 0 radical (unpaired) electrons. The first-order valence-electron chi connectivity index (χ1n) is 6.99. The Bertz CT molecular complexity index is 645. The topological polar surface area (TPSA) is 55.1 Å². The Morgan fingerprint density at radius 3 is 2.29 bits per heavy atom. The predicted octanol–water partition coefficient (Wildman–Crippen LogP) is 2.76. The van der Waals surface area contributed by atoms with Gasteiger partial charge in [-0.2, -0.15) is 0 Å². The molecule has 0 heterocycles. The van der Waals surface area contributed by atoms with Crippen LogP contribution in [0.4, 0.5) is 10.1 Å². The van der Waals surface area contributed by atoms with Crippen molar-refractivity contribution < 1.29 is 9.18 Å². The Hall–Kier alpha value is -2.36. The van der Waals surface area contributed by atoms with Crippen LogP contribution in [0.3, 0.4) is 0 Å². The van der Waals surface area contributed by atoms with E-state index in [0.717, 1.165) is 24.0 Å². The average molecular weight is 284 g/mol. The molecule has 0 unspecified atom stereocenters. The van der Waals surface area contributed by atoms with Crippen LogP contribution in [0.15, 0.2) is 48.5 Å². The molecular weight excluding hydrogens is 267 g/mol. The summed E-state index contributed by atoms with van der Waals surface area (Å²) in [5.41, 5.74) is 7.86. The third-order valence-corrected chi connectivity index (χ3v) is 4.01. The number of carbonyl (C=O) groups excluding carboxylic acids is 1. The van der Waals surface area contributed by atoms with E-state index in [1.807, 2.05) is 24.3 Å². The monoisotopic (exact) mass is 284 g/mol. The van der Waals surface area contributed by atoms with Crippen LogP contribution < -0.4 is 11.1 Å². The van der Waals surface area contributed by atoms with Crippen LogP contribution in [0.5, 0.6) is 0 Å². The highest BCUT2D eigenvalue weighted by Gasteiger charge is 2.50. The zero-order valence-corrected chi connectivity index (χ0v) is 11.6. The fourth-order valence-electron chi connectivity index (χ4n) is 2.53. The van der Waals surface area contributed by atoms with Gasteiger partial charge < -0.3 is 11.1 Å². The van der Waals surface area contributed by atoms with Crippen LogP contribution >= 0.6 is 0 Å². The van der Waals surface area contributed by atoms with E-state index in [1.54, 1.807) is 12.1 Å². The number of hydrogen-bond acceptors (Lipinski definition) is 2. The van der Waals surface area contributed by atoms with E-state index < -0.39 is 5.41 Å². The van der Waals surface area contributed by atoms with Gasteiger partial charge in [-0.15, -0.1) is 0 Å². The quantitative estimate of drug-likeness (QED) is 0.848. The van der Waals surface area contributed by atoms with Gasteiger partial charge in [0.25, 0.3) is 0 Å². The number of rotatable bonds is 4. The third kappa shape index (κ3) is 2.75. The molecule has 0 bridgehead atoms. The number of amides is 1. The summed E-state index contributed by atoms with van der Waals surface area (Å²) in [4.78, 5) is 12.4. The van der Waals surface area contributed by atoms with Crippen molar-refractivity contribution in [2.75, 3.05) is 5.73 Å². The van der Waals surface area contributed by atoms with Gasteiger partial charge in [-0.05, 0) is 48.2 Å². The van der Waals surface area contributed by atoms with Gasteiger partial charge >= 0.3 is 0 Å². The predicted molar refractivity (Wildman–Crippen MR) is 80.0 cm³/mol.